The molecule has 0 bridgehead atoms. The number of halogens is 3. The maximum absolute atomic E-state index is 12.5. The first-order chi connectivity index (χ1) is 11.2. The molecule has 132 valence electrons. The van der Waals surface area contributed by atoms with Crippen molar-refractivity contribution in [3.05, 3.63) is 30.0 Å². The Kier molecular flexibility index (Phi) is 5.47. The number of rotatable bonds is 7. The highest BCUT2D eigenvalue weighted by atomic mass is 32.2. The molecule has 0 aliphatic carbocycles. The van der Waals surface area contributed by atoms with Gasteiger partial charge in [-0.15, -0.1) is 5.10 Å². The van der Waals surface area contributed by atoms with Crippen LogP contribution in [0.25, 0.3) is 17.2 Å². The Hall–Kier alpha value is -2.10. The summed E-state index contributed by atoms with van der Waals surface area (Å²) in [6, 6.07) is 6.78. The van der Waals surface area contributed by atoms with Crippen LogP contribution in [0.1, 0.15) is 32.6 Å². The van der Waals surface area contributed by atoms with E-state index < -0.39 is 15.6 Å². The van der Waals surface area contributed by atoms with Crippen molar-refractivity contribution in [1.82, 2.24) is 15.0 Å². The third-order valence-electron chi connectivity index (χ3n) is 3.17. The second-order valence-corrected chi connectivity index (χ2v) is 6.60. The van der Waals surface area contributed by atoms with Gasteiger partial charge in [-0.2, -0.15) is 21.6 Å². The number of allylic oxidation sites excluding steroid dienone is 1. The van der Waals surface area contributed by atoms with E-state index in [2.05, 4.69) is 14.5 Å². The lowest BCUT2D eigenvalue weighted by molar-refractivity contribution is -0.0523. The van der Waals surface area contributed by atoms with Gasteiger partial charge >= 0.3 is 15.6 Å². The van der Waals surface area contributed by atoms with E-state index in [1.54, 1.807) is 24.3 Å². The van der Waals surface area contributed by atoms with E-state index in [1.807, 2.05) is 6.92 Å². The van der Waals surface area contributed by atoms with E-state index in [0.29, 0.717) is 17.5 Å². The zero-order valence-corrected chi connectivity index (χ0v) is 13.6. The summed E-state index contributed by atoms with van der Waals surface area (Å²) in [6.45, 7) is 1.92. The van der Waals surface area contributed by atoms with E-state index in [1.165, 1.54) is 4.68 Å². The summed E-state index contributed by atoms with van der Waals surface area (Å²) in [7, 11) is -5.72. The number of alkyl halides is 3. The molecule has 0 amide bonds. The van der Waals surface area contributed by atoms with Gasteiger partial charge in [0.15, 0.2) is 0 Å². The third kappa shape index (κ3) is 4.25. The topological polar surface area (TPSA) is 74.1 Å². The number of benzene rings is 1. The van der Waals surface area contributed by atoms with Gasteiger partial charge in [-0.3, -0.25) is 0 Å². The predicted octanol–water partition coefficient (Wildman–Crippen LogP) is 3.68. The van der Waals surface area contributed by atoms with Gasteiger partial charge in [-0.25, -0.2) is 4.68 Å². The Balaban J connectivity index is 2.35. The molecule has 1 aromatic heterocycles. The van der Waals surface area contributed by atoms with Crippen molar-refractivity contribution in [3.63, 3.8) is 0 Å². The van der Waals surface area contributed by atoms with Gasteiger partial charge in [0.05, 0.1) is 11.7 Å². The molecule has 0 spiro atoms. The normalized spacial score (nSPS) is 13.4. The Bertz CT molecular complexity index is 828. The smallest absolute Gasteiger partial charge is 0.379 e. The summed E-state index contributed by atoms with van der Waals surface area (Å²) in [5.74, 6) is -0.337. The minimum atomic E-state index is -5.72. The SMILES string of the molecule is CCCCC/C(=C/n1nnc2ccccc21)OS(=O)(=O)C(F)(F)F. The Morgan fingerprint density at radius 2 is 2.00 bits per heavy atom. The highest BCUT2D eigenvalue weighted by molar-refractivity contribution is 7.87. The Labute approximate surface area is 137 Å². The molecule has 0 unspecified atom stereocenters. The second kappa shape index (κ2) is 7.20. The molecule has 0 N–H and O–H groups in total. The molecule has 0 aliphatic heterocycles. The third-order valence-corrected chi connectivity index (χ3v) is 4.17. The Morgan fingerprint density at radius 3 is 2.67 bits per heavy atom. The van der Waals surface area contributed by atoms with Crippen LogP contribution in [-0.4, -0.2) is 28.9 Å². The predicted molar refractivity (Wildman–Crippen MR) is 82.0 cm³/mol. The van der Waals surface area contributed by atoms with Gasteiger partial charge in [0.1, 0.15) is 11.3 Å². The van der Waals surface area contributed by atoms with Gasteiger partial charge in [-0.05, 0) is 18.6 Å². The van der Waals surface area contributed by atoms with Crippen LogP contribution < -0.4 is 0 Å². The number of para-hydroxylation sites is 1. The van der Waals surface area contributed by atoms with Crippen molar-refractivity contribution in [3.8, 4) is 0 Å². The highest BCUT2D eigenvalue weighted by Crippen LogP contribution is 2.28. The molecular formula is C14H16F3N3O3S. The minimum Gasteiger partial charge on any atom is -0.379 e. The van der Waals surface area contributed by atoms with E-state index >= 15 is 0 Å². The minimum absolute atomic E-state index is 0.0390. The number of fused-ring (bicyclic) bond motifs is 1. The fourth-order valence-electron chi connectivity index (χ4n) is 1.98. The zero-order valence-electron chi connectivity index (χ0n) is 12.8. The van der Waals surface area contributed by atoms with Crippen LogP contribution in [0.4, 0.5) is 13.2 Å². The maximum atomic E-state index is 12.5. The van der Waals surface area contributed by atoms with Crippen LogP contribution >= 0.6 is 0 Å². The second-order valence-electron chi connectivity index (χ2n) is 5.06. The lowest BCUT2D eigenvalue weighted by atomic mass is 10.2. The number of unbranched alkanes of at least 4 members (excludes halogenated alkanes) is 2. The van der Waals surface area contributed by atoms with Gasteiger partial charge in [0, 0.05) is 6.42 Å². The molecule has 2 rings (SSSR count). The van der Waals surface area contributed by atoms with Crippen LogP contribution in [0.2, 0.25) is 0 Å². The van der Waals surface area contributed by atoms with Crippen molar-refractivity contribution in [2.45, 2.75) is 38.1 Å². The van der Waals surface area contributed by atoms with E-state index in [9.17, 15) is 21.6 Å². The average molecular weight is 363 g/mol. The zero-order chi connectivity index (χ0) is 17.8. The molecule has 0 atom stereocenters. The molecule has 6 nitrogen and oxygen atoms in total. The van der Waals surface area contributed by atoms with E-state index in [-0.39, 0.29) is 12.2 Å². The van der Waals surface area contributed by atoms with E-state index in [0.717, 1.165) is 19.0 Å². The molecule has 0 fully saturated rings. The van der Waals surface area contributed by atoms with Crippen LogP contribution in [0, 0.1) is 0 Å². The van der Waals surface area contributed by atoms with Crippen molar-refractivity contribution >= 4 is 27.4 Å². The summed E-state index contributed by atoms with van der Waals surface area (Å²) < 4.78 is 65.6. The average Bonchev–Trinajstić information content (AvgIpc) is 2.89. The van der Waals surface area contributed by atoms with Crippen molar-refractivity contribution in [1.29, 1.82) is 0 Å². The van der Waals surface area contributed by atoms with Crippen molar-refractivity contribution in [2.24, 2.45) is 0 Å². The molecule has 0 saturated heterocycles. The van der Waals surface area contributed by atoms with Crippen LogP contribution in [-0.2, 0) is 14.3 Å². The fourth-order valence-corrected chi connectivity index (χ4v) is 2.49. The first-order valence-corrected chi connectivity index (χ1v) is 8.67. The van der Waals surface area contributed by atoms with Crippen LogP contribution in [0.15, 0.2) is 30.0 Å². The number of hydrogen-bond acceptors (Lipinski definition) is 5. The van der Waals surface area contributed by atoms with Crippen molar-refractivity contribution in [2.75, 3.05) is 0 Å². The lowest BCUT2D eigenvalue weighted by Gasteiger charge is -2.12. The van der Waals surface area contributed by atoms with Crippen molar-refractivity contribution < 1.29 is 25.8 Å². The maximum Gasteiger partial charge on any atom is 0.534 e. The first-order valence-electron chi connectivity index (χ1n) is 7.26. The van der Waals surface area contributed by atoms with E-state index in [4.69, 9.17) is 0 Å². The standard InChI is InChI=1S/C14H16F3N3O3S/c1-2-3-4-7-11(23-24(21,22)14(15,16)17)10-20-13-9-6-5-8-12(13)18-19-20/h5-6,8-10H,2-4,7H2,1H3/b11-10-. The summed E-state index contributed by atoms with van der Waals surface area (Å²) in [5, 5.41) is 7.64. The van der Waals surface area contributed by atoms with Gasteiger partial charge in [0.25, 0.3) is 0 Å². The summed E-state index contributed by atoms with van der Waals surface area (Å²) in [6.07, 6.45) is 3.20. The molecule has 0 radical (unpaired) electrons. The molecule has 10 heteroatoms. The molecule has 2 aromatic rings. The molecule has 0 saturated carbocycles. The number of aromatic nitrogens is 3. The first kappa shape index (κ1) is 18.2. The summed E-state index contributed by atoms with van der Waals surface area (Å²) >= 11 is 0. The summed E-state index contributed by atoms with van der Waals surface area (Å²) in [4.78, 5) is 0. The number of hydrogen-bond donors (Lipinski definition) is 0. The highest BCUT2D eigenvalue weighted by Gasteiger charge is 2.48. The lowest BCUT2D eigenvalue weighted by Crippen LogP contribution is -2.25. The van der Waals surface area contributed by atoms with Gasteiger partial charge in [0.2, 0.25) is 0 Å². The molecule has 0 aliphatic rings. The Morgan fingerprint density at radius 1 is 1.29 bits per heavy atom. The quantitative estimate of drug-likeness (QED) is 0.325. The largest absolute Gasteiger partial charge is 0.534 e. The molecule has 1 aromatic carbocycles. The molecule has 24 heavy (non-hydrogen) atoms. The molecule has 1 heterocycles. The van der Waals surface area contributed by atoms with Gasteiger partial charge < -0.3 is 4.18 Å². The van der Waals surface area contributed by atoms with Crippen LogP contribution in [0.3, 0.4) is 0 Å². The summed E-state index contributed by atoms with van der Waals surface area (Å²) in [5.41, 5.74) is -4.43. The van der Waals surface area contributed by atoms with Gasteiger partial charge in [-0.1, -0.05) is 37.1 Å². The molecular weight excluding hydrogens is 347 g/mol. The number of nitrogens with zero attached hydrogens (tertiary/aromatic N) is 3. The fraction of sp³-hybridized carbons (Fsp3) is 0.429. The van der Waals surface area contributed by atoms with Crippen LogP contribution in [0.5, 0.6) is 0 Å². The monoisotopic (exact) mass is 363 g/mol.